The van der Waals surface area contributed by atoms with E-state index in [0.29, 0.717) is 0 Å². The maximum atomic E-state index is 13.5. The average molecular weight is 293 g/mol. The molecule has 1 N–H and O–H groups in total. The minimum atomic E-state index is -4.98. The maximum absolute atomic E-state index is 13.5. The quantitative estimate of drug-likeness (QED) is 0.868. The summed E-state index contributed by atoms with van der Waals surface area (Å²) in [6, 6.07) is 2.79. The van der Waals surface area contributed by atoms with Crippen LogP contribution in [0.3, 0.4) is 0 Å². The van der Waals surface area contributed by atoms with Crippen LogP contribution in [0.15, 0.2) is 18.2 Å². The summed E-state index contributed by atoms with van der Waals surface area (Å²) in [7, 11) is 0. The van der Waals surface area contributed by atoms with Crippen molar-refractivity contribution in [3.05, 3.63) is 24.0 Å². The Bertz CT molecular complexity index is 518. The monoisotopic (exact) mass is 293 g/mol. The van der Waals surface area contributed by atoms with Crippen LogP contribution >= 0.6 is 0 Å². The fraction of sp³-hybridized carbons (Fsp3) is 0.417. The van der Waals surface area contributed by atoms with Gasteiger partial charge in [-0.3, -0.25) is 4.79 Å². The molecular weight excluding hydrogens is 282 g/mol. The van der Waals surface area contributed by atoms with E-state index in [9.17, 15) is 22.4 Å². The van der Waals surface area contributed by atoms with Gasteiger partial charge in [0.2, 0.25) is 5.91 Å². The number of ether oxygens (including phenoxy) is 1. The SMILES string of the molecule is O=C1CC(CO)CN1c1ccc(OC(F)(F)F)c(F)c1. The largest absolute Gasteiger partial charge is 0.573 e. The van der Waals surface area contributed by atoms with E-state index in [2.05, 4.69) is 4.74 Å². The van der Waals surface area contributed by atoms with E-state index in [4.69, 9.17) is 5.11 Å². The van der Waals surface area contributed by atoms with Crippen molar-refractivity contribution < 1.29 is 32.2 Å². The lowest BCUT2D eigenvalue weighted by Gasteiger charge is -2.17. The predicted molar refractivity (Wildman–Crippen MR) is 60.6 cm³/mol. The standard InChI is InChI=1S/C12H11F4NO3/c13-9-4-8(1-2-10(9)20-12(14,15)16)17-5-7(6-18)3-11(17)19/h1-2,4,7,18H,3,5-6H2. The van der Waals surface area contributed by atoms with Gasteiger partial charge in [0, 0.05) is 37.2 Å². The number of nitrogens with zero attached hydrogens (tertiary/aromatic N) is 1. The summed E-state index contributed by atoms with van der Waals surface area (Å²) in [5, 5.41) is 8.98. The van der Waals surface area contributed by atoms with Gasteiger partial charge >= 0.3 is 6.36 Å². The molecule has 1 aliphatic heterocycles. The first-order valence-electron chi connectivity index (χ1n) is 5.76. The molecule has 0 aromatic heterocycles. The Labute approximate surface area is 111 Å². The lowest BCUT2D eigenvalue weighted by molar-refractivity contribution is -0.275. The lowest BCUT2D eigenvalue weighted by atomic mass is 10.1. The van der Waals surface area contributed by atoms with Crippen LogP contribution in [-0.4, -0.2) is 30.5 Å². The van der Waals surface area contributed by atoms with E-state index in [1.807, 2.05) is 0 Å². The number of hydrogen-bond acceptors (Lipinski definition) is 3. The Morgan fingerprint density at radius 1 is 1.40 bits per heavy atom. The molecular formula is C12H11F4NO3. The van der Waals surface area contributed by atoms with Gasteiger partial charge < -0.3 is 14.7 Å². The molecule has 1 aromatic carbocycles. The third-order valence-corrected chi connectivity index (χ3v) is 2.92. The van der Waals surface area contributed by atoms with Crippen LogP contribution < -0.4 is 9.64 Å². The van der Waals surface area contributed by atoms with E-state index < -0.39 is 17.9 Å². The summed E-state index contributed by atoms with van der Waals surface area (Å²) in [5.74, 6) is -2.73. The molecule has 0 spiro atoms. The fourth-order valence-corrected chi connectivity index (χ4v) is 2.02. The Morgan fingerprint density at radius 3 is 2.60 bits per heavy atom. The van der Waals surface area contributed by atoms with Crippen molar-refractivity contribution in [3.63, 3.8) is 0 Å². The molecule has 1 heterocycles. The van der Waals surface area contributed by atoms with Gasteiger partial charge in [0.05, 0.1) is 0 Å². The van der Waals surface area contributed by atoms with Gasteiger partial charge in [0.25, 0.3) is 0 Å². The Balaban J connectivity index is 2.19. The van der Waals surface area contributed by atoms with Crippen LogP contribution in [0, 0.1) is 11.7 Å². The molecule has 0 bridgehead atoms. The van der Waals surface area contributed by atoms with E-state index >= 15 is 0 Å². The molecule has 110 valence electrons. The molecule has 4 nitrogen and oxygen atoms in total. The lowest BCUT2D eigenvalue weighted by Crippen LogP contribution is -2.25. The fourth-order valence-electron chi connectivity index (χ4n) is 2.02. The predicted octanol–water partition coefficient (Wildman–Crippen LogP) is 2.07. The van der Waals surface area contributed by atoms with Crippen LogP contribution in [0.5, 0.6) is 5.75 Å². The first kappa shape index (κ1) is 14.6. The normalized spacial score (nSPS) is 19.6. The van der Waals surface area contributed by atoms with Crippen molar-refractivity contribution in [3.8, 4) is 5.75 Å². The van der Waals surface area contributed by atoms with Gasteiger partial charge in [0.15, 0.2) is 11.6 Å². The third-order valence-electron chi connectivity index (χ3n) is 2.92. The second kappa shape index (κ2) is 5.28. The number of rotatable bonds is 3. The number of benzene rings is 1. The van der Waals surface area contributed by atoms with Crippen LogP contribution in [0.4, 0.5) is 23.2 Å². The summed E-state index contributed by atoms with van der Waals surface area (Å²) in [6.07, 6.45) is -4.85. The molecule has 0 radical (unpaired) electrons. The van der Waals surface area contributed by atoms with Crippen molar-refractivity contribution in [1.29, 1.82) is 0 Å². The molecule has 20 heavy (non-hydrogen) atoms. The highest BCUT2D eigenvalue weighted by Crippen LogP contribution is 2.31. The molecule has 1 amide bonds. The molecule has 1 unspecified atom stereocenters. The number of aliphatic hydroxyl groups is 1. The summed E-state index contributed by atoms with van der Waals surface area (Å²) >= 11 is 0. The van der Waals surface area contributed by atoms with Crippen molar-refractivity contribution in [2.24, 2.45) is 5.92 Å². The molecule has 1 aromatic rings. The molecule has 2 rings (SSSR count). The van der Waals surface area contributed by atoms with Crippen molar-refractivity contribution in [2.75, 3.05) is 18.1 Å². The number of carbonyl (C=O) groups is 1. The van der Waals surface area contributed by atoms with Crippen molar-refractivity contribution in [1.82, 2.24) is 0 Å². The molecule has 8 heteroatoms. The van der Waals surface area contributed by atoms with E-state index in [1.54, 1.807) is 0 Å². The highest BCUT2D eigenvalue weighted by molar-refractivity contribution is 5.95. The minimum Gasteiger partial charge on any atom is -0.403 e. The van der Waals surface area contributed by atoms with E-state index in [0.717, 1.165) is 12.1 Å². The second-order valence-electron chi connectivity index (χ2n) is 4.42. The van der Waals surface area contributed by atoms with Gasteiger partial charge in [-0.05, 0) is 12.1 Å². The highest BCUT2D eigenvalue weighted by atomic mass is 19.4. The van der Waals surface area contributed by atoms with Gasteiger partial charge in [-0.15, -0.1) is 13.2 Å². The summed E-state index contributed by atoms with van der Waals surface area (Å²) < 4.78 is 53.0. The minimum absolute atomic E-state index is 0.124. The zero-order chi connectivity index (χ0) is 14.9. The number of carbonyl (C=O) groups excluding carboxylic acids is 1. The third kappa shape index (κ3) is 3.19. The van der Waals surface area contributed by atoms with Crippen molar-refractivity contribution >= 4 is 11.6 Å². The highest BCUT2D eigenvalue weighted by Gasteiger charge is 2.33. The summed E-state index contributed by atoms with van der Waals surface area (Å²) in [5.41, 5.74) is 0.137. The number of aliphatic hydroxyl groups excluding tert-OH is 1. The molecule has 1 saturated heterocycles. The molecule has 1 atom stereocenters. The number of anilines is 1. The Kier molecular flexibility index (Phi) is 3.85. The smallest absolute Gasteiger partial charge is 0.403 e. The maximum Gasteiger partial charge on any atom is 0.573 e. The van der Waals surface area contributed by atoms with Crippen LogP contribution in [0.25, 0.3) is 0 Å². The van der Waals surface area contributed by atoms with Crippen LogP contribution in [0.1, 0.15) is 6.42 Å². The Hall–Kier alpha value is -1.83. The topological polar surface area (TPSA) is 49.8 Å². The van der Waals surface area contributed by atoms with Gasteiger partial charge in [-0.1, -0.05) is 0 Å². The van der Waals surface area contributed by atoms with Crippen LogP contribution in [-0.2, 0) is 4.79 Å². The van der Waals surface area contributed by atoms with E-state index in [-0.39, 0.29) is 37.1 Å². The number of amides is 1. The van der Waals surface area contributed by atoms with Crippen molar-refractivity contribution in [2.45, 2.75) is 12.8 Å². The molecule has 0 aliphatic carbocycles. The van der Waals surface area contributed by atoms with Crippen LogP contribution in [0.2, 0.25) is 0 Å². The zero-order valence-corrected chi connectivity index (χ0v) is 10.2. The molecule has 1 fully saturated rings. The summed E-state index contributed by atoms with van der Waals surface area (Å²) in [4.78, 5) is 12.9. The van der Waals surface area contributed by atoms with E-state index in [1.165, 1.54) is 11.0 Å². The Morgan fingerprint density at radius 2 is 2.10 bits per heavy atom. The number of hydrogen-bond donors (Lipinski definition) is 1. The molecule has 1 aliphatic rings. The first-order chi connectivity index (χ1) is 9.30. The van der Waals surface area contributed by atoms with Gasteiger partial charge in [-0.2, -0.15) is 0 Å². The number of alkyl halides is 3. The van der Waals surface area contributed by atoms with Gasteiger partial charge in [-0.25, -0.2) is 4.39 Å². The zero-order valence-electron chi connectivity index (χ0n) is 10.2. The average Bonchev–Trinajstić information content (AvgIpc) is 2.72. The first-order valence-corrected chi connectivity index (χ1v) is 5.76. The van der Waals surface area contributed by atoms with Gasteiger partial charge in [0.1, 0.15) is 0 Å². The molecule has 0 saturated carbocycles. The second-order valence-corrected chi connectivity index (χ2v) is 4.42. The number of halogens is 4. The summed E-state index contributed by atoms with van der Waals surface area (Å²) in [6.45, 7) is 0.0221.